The van der Waals surface area contributed by atoms with E-state index < -0.39 is 9.84 Å². The molecule has 1 heterocycles. The molecule has 1 fully saturated rings. The van der Waals surface area contributed by atoms with E-state index in [-0.39, 0.29) is 17.5 Å². The topological polar surface area (TPSA) is 46.6 Å². The molecule has 1 aromatic rings. The SMILES string of the molecule is Cc1cc(N2C[C@@H](C)O[C@@H](C)C2)cc(C)c1CCCCCCCS(=O)(=O)C(C)C. The molecule has 1 aliphatic heterocycles. The van der Waals surface area contributed by atoms with Crippen LogP contribution in [0.15, 0.2) is 12.1 Å². The fourth-order valence-electron chi connectivity index (χ4n) is 4.31. The second-order valence-electron chi connectivity index (χ2n) is 9.15. The lowest BCUT2D eigenvalue weighted by Gasteiger charge is -2.37. The van der Waals surface area contributed by atoms with Crippen LogP contribution < -0.4 is 4.90 Å². The Labute approximate surface area is 178 Å². The summed E-state index contributed by atoms with van der Waals surface area (Å²) in [6, 6.07) is 4.67. The zero-order chi connectivity index (χ0) is 21.6. The van der Waals surface area contributed by atoms with Crippen LogP contribution in [0, 0.1) is 13.8 Å². The zero-order valence-electron chi connectivity index (χ0n) is 19.3. The highest BCUT2D eigenvalue weighted by molar-refractivity contribution is 7.91. The van der Waals surface area contributed by atoms with Crippen LogP contribution in [0.25, 0.3) is 0 Å². The minimum atomic E-state index is -2.88. The third-order valence-corrected chi connectivity index (χ3v) is 8.33. The number of anilines is 1. The number of benzene rings is 1. The Morgan fingerprint density at radius 2 is 1.48 bits per heavy atom. The molecule has 0 aromatic heterocycles. The number of ether oxygens (including phenoxy) is 1. The molecular formula is C24H41NO3S. The molecule has 4 nitrogen and oxygen atoms in total. The van der Waals surface area contributed by atoms with Crippen LogP contribution in [0.4, 0.5) is 5.69 Å². The van der Waals surface area contributed by atoms with Crippen LogP contribution in [0.3, 0.4) is 0 Å². The third-order valence-electron chi connectivity index (χ3n) is 6.04. The van der Waals surface area contributed by atoms with Gasteiger partial charge in [0.05, 0.1) is 23.2 Å². The van der Waals surface area contributed by atoms with Crippen molar-refractivity contribution in [3.63, 3.8) is 0 Å². The van der Waals surface area contributed by atoms with E-state index >= 15 is 0 Å². The molecule has 166 valence electrons. The van der Waals surface area contributed by atoms with Crippen molar-refractivity contribution in [2.75, 3.05) is 23.7 Å². The van der Waals surface area contributed by atoms with Crippen LogP contribution in [0.5, 0.6) is 0 Å². The fourth-order valence-corrected chi connectivity index (χ4v) is 5.39. The lowest BCUT2D eigenvalue weighted by Crippen LogP contribution is -2.45. The van der Waals surface area contributed by atoms with E-state index in [9.17, 15) is 8.42 Å². The maximum absolute atomic E-state index is 11.8. The lowest BCUT2D eigenvalue weighted by molar-refractivity contribution is -0.00522. The van der Waals surface area contributed by atoms with Crippen molar-refractivity contribution < 1.29 is 13.2 Å². The summed E-state index contributed by atoms with van der Waals surface area (Å²) >= 11 is 0. The highest BCUT2D eigenvalue weighted by Crippen LogP contribution is 2.27. The van der Waals surface area contributed by atoms with Gasteiger partial charge in [0.1, 0.15) is 0 Å². The fraction of sp³-hybridized carbons (Fsp3) is 0.750. The van der Waals surface area contributed by atoms with E-state index in [0.717, 1.165) is 38.8 Å². The van der Waals surface area contributed by atoms with Crippen molar-refractivity contribution in [1.82, 2.24) is 0 Å². The molecule has 2 rings (SSSR count). The van der Waals surface area contributed by atoms with Gasteiger partial charge in [-0.05, 0) is 89.6 Å². The molecule has 1 saturated heterocycles. The molecule has 0 saturated carbocycles. The molecule has 0 aliphatic carbocycles. The van der Waals surface area contributed by atoms with Gasteiger partial charge >= 0.3 is 0 Å². The summed E-state index contributed by atoms with van der Waals surface area (Å²) in [6.07, 6.45) is 6.92. The van der Waals surface area contributed by atoms with Crippen molar-refractivity contribution in [1.29, 1.82) is 0 Å². The average molecular weight is 424 g/mol. The first-order chi connectivity index (χ1) is 13.6. The smallest absolute Gasteiger partial charge is 0.152 e. The van der Waals surface area contributed by atoms with Gasteiger partial charge in [-0.3, -0.25) is 0 Å². The van der Waals surface area contributed by atoms with E-state index in [1.807, 2.05) is 0 Å². The van der Waals surface area contributed by atoms with E-state index in [1.165, 1.54) is 35.2 Å². The highest BCUT2D eigenvalue weighted by Gasteiger charge is 2.23. The Balaban J connectivity index is 1.80. The van der Waals surface area contributed by atoms with Crippen molar-refractivity contribution >= 4 is 15.5 Å². The summed E-state index contributed by atoms with van der Waals surface area (Å²) in [7, 11) is -2.88. The molecule has 0 amide bonds. The van der Waals surface area contributed by atoms with E-state index in [2.05, 4.69) is 44.7 Å². The first kappa shape index (κ1) is 24.2. The van der Waals surface area contributed by atoms with Crippen LogP contribution in [0.1, 0.15) is 76.5 Å². The number of hydrogen-bond donors (Lipinski definition) is 0. The Morgan fingerprint density at radius 1 is 0.966 bits per heavy atom. The summed E-state index contributed by atoms with van der Waals surface area (Å²) in [5, 5.41) is -0.250. The molecule has 29 heavy (non-hydrogen) atoms. The Kier molecular flexibility index (Phi) is 9.02. The standard InChI is InChI=1S/C24H41NO3S/c1-18(2)29(26,27)13-11-9-7-8-10-12-24-19(3)14-23(15-20(24)4)25-16-21(5)28-22(6)17-25/h14-15,18,21-22H,7-13,16-17H2,1-6H3/t21-,22+. The molecular weight excluding hydrogens is 382 g/mol. The summed E-state index contributed by atoms with van der Waals surface area (Å²) < 4.78 is 29.6. The van der Waals surface area contributed by atoms with Gasteiger partial charge < -0.3 is 9.64 Å². The number of sulfone groups is 1. The minimum absolute atomic E-state index is 0.250. The lowest BCUT2D eigenvalue weighted by atomic mass is 9.95. The molecule has 1 aliphatic rings. The molecule has 0 unspecified atom stereocenters. The highest BCUT2D eigenvalue weighted by atomic mass is 32.2. The van der Waals surface area contributed by atoms with Gasteiger partial charge in [0.15, 0.2) is 9.84 Å². The average Bonchev–Trinajstić information content (AvgIpc) is 2.61. The van der Waals surface area contributed by atoms with Gasteiger partial charge in [-0.1, -0.05) is 19.3 Å². The van der Waals surface area contributed by atoms with Crippen molar-refractivity contribution in [3.8, 4) is 0 Å². The summed E-state index contributed by atoms with van der Waals surface area (Å²) in [6.45, 7) is 14.2. The van der Waals surface area contributed by atoms with Gasteiger partial charge in [-0.2, -0.15) is 0 Å². The Hall–Kier alpha value is -1.07. The predicted molar refractivity (Wildman–Crippen MR) is 124 cm³/mol. The van der Waals surface area contributed by atoms with Gasteiger partial charge in [-0.15, -0.1) is 0 Å². The minimum Gasteiger partial charge on any atom is -0.372 e. The maximum Gasteiger partial charge on any atom is 0.152 e. The summed E-state index contributed by atoms with van der Waals surface area (Å²) in [5.41, 5.74) is 5.56. The maximum atomic E-state index is 11.8. The van der Waals surface area contributed by atoms with Gasteiger partial charge in [0, 0.05) is 18.8 Å². The largest absolute Gasteiger partial charge is 0.372 e. The quantitative estimate of drug-likeness (QED) is 0.483. The van der Waals surface area contributed by atoms with Crippen molar-refractivity contribution in [2.45, 2.75) is 97.5 Å². The molecule has 5 heteroatoms. The summed E-state index contributed by atoms with van der Waals surface area (Å²) in [5.74, 6) is 0.336. The number of hydrogen-bond acceptors (Lipinski definition) is 4. The molecule has 0 N–H and O–H groups in total. The number of nitrogens with zero attached hydrogens (tertiary/aromatic N) is 1. The number of morpholine rings is 1. The monoisotopic (exact) mass is 423 g/mol. The predicted octanol–water partition coefficient (Wildman–Crippen LogP) is 5.23. The van der Waals surface area contributed by atoms with Crippen LogP contribution in [0.2, 0.25) is 0 Å². The second kappa shape index (κ2) is 10.8. The third kappa shape index (κ3) is 7.29. The molecule has 0 bridgehead atoms. The second-order valence-corrected chi connectivity index (χ2v) is 11.8. The Morgan fingerprint density at radius 3 is 2.03 bits per heavy atom. The van der Waals surface area contributed by atoms with Crippen LogP contribution >= 0.6 is 0 Å². The molecule has 0 spiro atoms. The normalized spacial score (nSPS) is 20.4. The molecule has 2 atom stereocenters. The van der Waals surface area contributed by atoms with E-state index in [0.29, 0.717) is 5.75 Å². The number of unbranched alkanes of at least 4 members (excludes halogenated alkanes) is 4. The Bertz CT molecular complexity index is 724. The number of rotatable bonds is 10. The van der Waals surface area contributed by atoms with Crippen LogP contribution in [-0.4, -0.2) is 44.7 Å². The first-order valence-electron chi connectivity index (χ1n) is 11.3. The van der Waals surface area contributed by atoms with E-state index in [4.69, 9.17) is 4.74 Å². The van der Waals surface area contributed by atoms with Gasteiger partial charge in [0.2, 0.25) is 0 Å². The molecule has 1 aromatic carbocycles. The van der Waals surface area contributed by atoms with Crippen molar-refractivity contribution in [3.05, 3.63) is 28.8 Å². The van der Waals surface area contributed by atoms with Gasteiger partial charge in [-0.25, -0.2) is 8.42 Å². The first-order valence-corrected chi connectivity index (χ1v) is 13.0. The van der Waals surface area contributed by atoms with Crippen molar-refractivity contribution in [2.24, 2.45) is 0 Å². The zero-order valence-corrected chi connectivity index (χ0v) is 20.1. The summed E-state index contributed by atoms with van der Waals surface area (Å²) in [4.78, 5) is 2.45. The van der Waals surface area contributed by atoms with Crippen LogP contribution in [-0.2, 0) is 21.0 Å². The number of aryl methyl sites for hydroxylation is 2. The van der Waals surface area contributed by atoms with E-state index in [1.54, 1.807) is 13.8 Å². The molecule has 0 radical (unpaired) electrons. The van der Waals surface area contributed by atoms with Gasteiger partial charge in [0.25, 0.3) is 0 Å².